The second-order valence-electron chi connectivity index (χ2n) is 5.78. The van der Waals surface area contributed by atoms with E-state index in [9.17, 15) is 4.79 Å². The Bertz CT molecular complexity index is 980. The van der Waals surface area contributed by atoms with Gasteiger partial charge in [0, 0.05) is 18.3 Å². The number of hydrogen-bond donors (Lipinski definition) is 2. The summed E-state index contributed by atoms with van der Waals surface area (Å²) in [7, 11) is 0. The van der Waals surface area contributed by atoms with Gasteiger partial charge in [0.15, 0.2) is 5.13 Å². The minimum absolute atomic E-state index is 0.260. The lowest BCUT2D eigenvalue weighted by atomic mass is 10.00. The van der Waals surface area contributed by atoms with E-state index in [1.165, 1.54) is 11.3 Å². The van der Waals surface area contributed by atoms with Gasteiger partial charge < -0.3 is 5.32 Å². The summed E-state index contributed by atoms with van der Waals surface area (Å²) >= 11 is 1.44. The van der Waals surface area contributed by atoms with E-state index >= 15 is 0 Å². The SMILES string of the molecule is C=C/C=C\C(=C/C)c1cc(/C(=C/C)N=CC)c2sc(NC(=O)NCC)nc2c1. The smallest absolute Gasteiger partial charge is 0.321 e. The quantitative estimate of drug-likeness (QED) is 0.444. The molecule has 0 bridgehead atoms. The van der Waals surface area contributed by atoms with Gasteiger partial charge in [0.1, 0.15) is 0 Å². The fourth-order valence-corrected chi connectivity index (χ4v) is 3.68. The Morgan fingerprint density at radius 2 is 2.07 bits per heavy atom. The van der Waals surface area contributed by atoms with E-state index < -0.39 is 0 Å². The third-order valence-corrected chi connectivity index (χ3v) is 4.94. The Labute approximate surface area is 170 Å². The summed E-state index contributed by atoms with van der Waals surface area (Å²) in [5.74, 6) is 0. The predicted octanol–water partition coefficient (Wildman–Crippen LogP) is 6.03. The third-order valence-electron chi connectivity index (χ3n) is 3.92. The van der Waals surface area contributed by atoms with Crippen molar-refractivity contribution < 1.29 is 4.79 Å². The van der Waals surface area contributed by atoms with Crippen LogP contribution in [-0.4, -0.2) is 23.8 Å². The Morgan fingerprint density at radius 3 is 2.68 bits per heavy atom. The number of thiazole rings is 1. The Morgan fingerprint density at radius 1 is 1.29 bits per heavy atom. The van der Waals surface area contributed by atoms with Gasteiger partial charge in [-0.3, -0.25) is 10.3 Å². The number of urea groups is 1. The fourth-order valence-electron chi connectivity index (χ4n) is 2.71. The number of hydrogen-bond acceptors (Lipinski definition) is 4. The van der Waals surface area contributed by atoms with Crippen molar-refractivity contribution in [2.75, 3.05) is 11.9 Å². The number of carbonyl (C=O) groups is 1. The van der Waals surface area contributed by atoms with Gasteiger partial charge in [0.05, 0.1) is 15.9 Å². The van der Waals surface area contributed by atoms with Crippen LogP contribution in [0.3, 0.4) is 0 Å². The molecule has 2 aromatic rings. The number of anilines is 1. The number of carbonyl (C=O) groups excluding carboxylic acids is 1. The number of nitrogens with zero attached hydrogens (tertiary/aromatic N) is 2. The molecule has 0 saturated carbocycles. The number of aromatic nitrogens is 1. The van der Waals surface area contributed by atoms with Crippen molar-refractivity contribution in [2.24, 2.45) is 4.99 Å². The van der Waals surface area contributed by atoms with Crippen molar-refractivity contribution >= 4 is 50.2 Å². The van der Waals surface area contributed by atoms with Gasteiger partial charge in [-0.05, 0) is 51.0 Å². The van der Waals surface area contributed by atoms with E-state index in [1.54, 1.807) is 12.3 Å². The summed E-state index contributed by atoms with van der Waals surface area (Å²) in [6.07, 6.45) is 11.5. The van der Waals surface area contributed by atoms with Crippen LogP contribution in [0.25, 0.3) is 21.5 Å². The van der Waals surface area contributed by atoms with E-state index in [0.717, 1.165) is 32.6 Å². The monoisotopic (exact) mass is 394 g/mol. The minimum atomic E-state index is -0.260. The summed E-state index contributed by atoms with van der Waals surface area (Å²) < 4.78 is 0.984. The molecule has 0 aliphatic rings. The molecule has 2 N–H and O–H groups in total. The molecule has 6 heteroatoms. The van der Waals surface area contributed by atoms with Crippen molar-refractivity contribution in [3.8, 4) is 0 Å². The molecule has 5 nitrogen and oxygen atoms in total. The van der Waals surface area contributed by atoms with E-state index in [2.05, 4.69) is 33.3 Å². The molecule has 146 valence electrons. The minimum Gasteiger partial charge on any atom is -0.338 e. The van der Waals surface area contributed by atoms with Gasteiger partial charge >= 0.3 is 6.03 Å². The molecule has 0 saturated heterocycles. The average molecular weight is 395 g/mol. The zero-order chi connectivity index (χ0) is 20.5. The average Bonchev–Trinajstić information content (AvgIpc) is 3.08. The summed E-state index contributed by atoms with van der Waals surface area (Å²) in [5.41, 5.74) is 4.77. The zero-order valence-corrected chi connectivity index (χ0v) is 17.6. The summed E-state index contributed by atoms with van der Waals surface area (Å²) in [4.78, 5) is 21.0. The highest BCUT2D eigenvalue weighted by Gasteiger charge is 2.15. The molecule has 0 fully saturated rings. The molecule has 0 spiro atoms. The number of benzene rings is 1. The van der Waals surface area contributed by atoms with Crippen molar-refractivity contribution in [3.05, 3.63) is 60.2 Å². The van der Waals surface area contributed by atoms with Gasteiger partial charge in [0.2, 0.25) is 0 Å². The van der Waals surface area contributed by atoms with Crippen molar-refractivity contribution in [3.63, 3.8) is 0 Å². The molecule has 2 rings (SSSR count). The lowest BCUT2D eigenvalue weighted by Crippen LogP contribution is -2.28. The number of nitrogens with one attached hydrogen (secondary N) is 2. The molecular weight excluding hydrogens is 368 g/mol. The van der Waals surface area contributed by atoms with E-state index in [4.69, 9.17) is 0 Å². The molecule has 2 amide bonds. The van der Waals surface area contributed by atoms with Crippen LogP contribution in [0.2, 0.25) is 0 Å². The van der Waals surface area contributed by atoms with Crippen molar-refractivity contribution in [2.45, 2.75) is 27.7 Å². The molecule has 0 atom stereocenters. The van der Waals surface area contributed by atoms with Crippen LogP contribution in [0, 0.1) is 0 Å². The first-order chi connectivity index (χ1) is 13.6. The van der Waals surface area contributed by atoms with Crippen LogP contribution in [0.5, 0.6) is 0 Å². The van der Waals surface area contributed by atoms with Gasteiger partial charge in [-0.25, -0.2) is 9.78 Å². The van der Waals surface area contributed by atoms with Crippen LogP contribution in [0.1, 0.15) is 38.8 Å². The zero-order valence-electron chi connectivity index (χ0n) is 16.7. The number of aliphatic imine (C=N–C) groups is 1. The van der Waals surface area contributed by atoms with Gasteiger partial charge in [-0.2, -0.15) is 0 Å². The number of amides is 2. The normalized spacial score (nSPS) is 12.9. The van der Waals surface area contributed by atoms with Crippen LogP contribution >= 0.6 is 11.3 Å². The summed E-state index contributed by atoms with van der Waals surface area (Å²) in [6.45, 7) is 12.0. The van der Waals surface area contributed by atoms with Crippen LogP contribution in [0.4, 0.5) is 9.93 Å². The van der Waals surface area contributed by atoms with Crippen LogP contribution in [-0.2, 0) is 0 Å². The molecule has 28 heavy (non-hydrogen) atoms. The molecule has 0 aliphatic carbocycles. The second-order valence-corrected chi connectivity index (χ2v) is 6.77. The van der Waals surface area contributed by atoms with Gasteiger partial charge in [-0.15, -0.1) is 0 Å². The maximum absolute atomic E-state index is 11.9. The first kappa shape index (κ1) is 21.3. The molecule has 0 aliphatic heterocycles. The lowest BCUT2D eigenvalue weighted by molar-refractivity contribution is 0.252. The summed E-state index contributed by atoms with van der Waals surface area (Å²) in [6, 6.07) is 3.88. The number of rotatable bonds is 7. The standard InChI is InChI=1S/C22H26N4OS/c1-6-11-12-15(7-2)16-13-17(18(8-3)23-9-4)20-19(14-16)25-22(28-20)26-21(27)24-10-5/h6-9,11-14H,1,10H2,2-5H3,(H2,24,25,26,27)/b12-11-,15-7+,18-8-,23-9?. The van der Waals surface area contributed by atoms with E-state index in [-0.39, 0.29) is 6.03 Å². The van der Waals surface area contributed by atoms with Gasteiger partial charge in [0.25, 0.3) is 0 Å². The topological polar surface area (TPSA) is 66.4 Å². The van der Waals surface area contributed by atoms with Crippen LogP contribution < -0.4 is 10.6 Å². The highest BCUT2D eigenvalue weighted by atomic mass is 32.1. The molecule has 1 aromatic heterocycles. The second kappa shape index (κ2) is 10.4. The van der Waals surface area contributed by atoms with Gasteiger partial charge in [-0.1, -0.05) is 48.3 Å². The fraction of sp³-hybridized carbons (Fsp3) is 0.227. The molecule has 0 unspecified atom stereocenters. The first-order valence-electron chi connectivity index (χ1n) is 9.18. The highest BCUT2D eigenvalue weighted by Crippen LogP contribution is 2.36. The maximum Gasteiger partial charge on any atom is 0.321 e. The Hall–Kier alpha value is -2.99. The Balaban J connectivity index is 2.66. The van der Waals surface area contributed by atoms with Crippen LogP contribution in [0.15, 0.2) is 54.1 Å². The van der Waals surface area contributed by atoms with Crippen molar-refractivity contribution in [1.82, 2.24) is 10.3 Å². The highest BCUT2D eigenvalue weighted by molar-refractivity contribution is 7.22. The predicted molar refractivity (Wildman–Crippen MR) is 123 cm³/mol. The van der Waals surface area contributed by atoms with Crippen molar-refractivity contribution in [1.29, 1.82) is 0 Å². The van der Waals surface area contributed by atoms with E-state index in [0.29, 0.717) is 11.7 Å². The summed E-state index contributed by atoms with van der Waals surface area (Å²) in [5, 5.41) is 6.08. The maximum atomic E-state index is 11.9. The largest absolute Gasteiger partial charge is 0.338 e. The molecule has 0 radical (unpaired) electrons. The molecular formula is C22H26N4OS. The number of fused-ring (bicyclic) bond motifs is 1. The lowest BCUT2D eigenvalue weighted by Gasteiger charge is -2.08. The third kappa shape index (κ3) is 5.04. The number of allylic oxidation sites excluding steroid dienone is 6. The molecule has 1 heterocycles. The van der Waals surface area contributed by atoms with E-state index in [1.807, 2.05) is 58.1 Å². The first-order valence-corrected chi connectivity index (χ1v) is 10.00. The molecule has 1 aromatic carbocycles. The Kier molecular flexibility index (Phi) is 7.89.